The van der Waals surface area contributed by atoms with Crippen LogP contribution in [0.5, 0.6) is 5.75 Å². The molecule has 0 saturated carbocycles. The molecule has 0 saturated heterocycles. The van der Waals surface area contributed by atoms with Crippen LogP contribution >= 0.6 is 0 Å². The molecule has 0 unspecified atom stereocenters. The van der Waals surface area contributed by atoms with Crippen LogP contribution in [0.1, 0.15) is 27.2 Å². The summed E-state index contributed by atoms with van der Waals surface area (Å²) < 4.78 is 14.0. The van der Waals surface area contributed by atoms with Crippen molar-refractivity contribution in [3.63, 3.8) is 0 Å². The largest absolute Gasteiger partial charge is 0.508 e. The lowest BCUT2D eigenvalue weighted by atomic mass is 9.92. The molecule has 0 atom stereocenters. The number of aromatic nitrogens is 7. The van der Waals surface area contributed by atoms with E-state index in [1.54, 1.807) is 24.7 Å². The Hall–Kier alpha value is -5.19. The van der Waals surface area contributed by atoms with Crippen LogP contribution in [0.3, 0.4) is 0 Å². The number of benzene rings is 1. The summed E-state index contributed by atoms with van der Waals surface area (Å²) in [4.78, 5) is 33.9. The van der Waals surface area contributed by atoms with Crippen LogP contribution in [-0.4, -0.2) is 46.1 Å². The number of carbonyl (C=O) groups excluding carboxylic acids is 1. The summed E-state index contributed by atoms with van der Waals surface area (Å²) in [6, 6.07) is 11.1. The number of amides is 1. The van der Waals surface area contributed by atoms with E-state index in [0.29, 0.717) is 62.6 Å². The Balaban J connectivity index is 1.37. The Morgan fingerprint density at radius 2 is 1.80 bits per heavy atom. The zero-order valence-corrected chi connectivity index (χ0v) is 22.0. The molecule has 11 heteroatoms. The Morgan fingerprint density at radius 1 is 0.975 bits per heavy atom. The third-order valence-electron chi connectivity index (χ3n) is 6.20. The molecule has 6 rings (SSSR count). The number of aromatic amines is 2. The first-order valence-corrected chi connectivity index (χ1v) is 12.6. The Bertz CT molecular complexity index is 1880. The van der Waals surface area contributed by atoms with Gasteiger partial charge in [-0.25, -0.2) is 14.4 Å². The van der Waals surface area contributed by atoms with E-state index in [0.717, 1.165) is 11.6 Å². The highest BCUT2D eigenvalue weighted by atomic mass is 19.1. The molecule has 200 valence electrons. The zero-order valence-electron chi connectivity index (χ0n) is 22.0. The number of hydrogen-bond donors (Lipinski definition) is 4. The number of imidazole rings is 1. The third-order valence-corrected chi connectivity index (χ3v) is 6.20. The minimum Gasteiger partial charge on any atom is -0.508 e. The minimum absolute atomic E-state index is 0.0841. The molecule has 40 heavy (non-hydrogen) atoms. The quantitative estimate of drug-likeness (QED) is 0.216. The molecule has 0 aliphatic rings. The lowest BCUT2D eigenvalue weighted by Gasteiger charge is -2.17. The van der Waals surface area contributed by atoms with Crippen LogP contribution in [0.25, 0.3) is 56.1 Å². The SMILES string of the molecule is CC(C)(C)CC(=O)Nc1cncc(-c2ccc3[nH]nc(-c4nc5c(-c6cc(O)cc(F)c6)nccc5[nH]4)c3n2)c1. The maximum atomic E-state index is 14.0. The normalized spacial score (nSPS) is 11.8. The number of phenols is 1. The van der Waals surface area contributed by atoms with E-state index in [-0.39, 0.29) is 17.1 Å². The number of phenolic OH excluding ortho intramolecular Hbond substituents is 1. The average Bonchev–Trinajstić information content (AvgIpc) is 3.50. The number of fused-ring (bicyclic) bond motifs is 2. The monoisotopic (exact) mass is 536 g/mol. The van der Waals surface area contributed by atoms with Gasteiger partial charge in [0, 0.05) is 36.0 Å². The number of hydrogen-bond acceptors (Lipinski definition) is 7. The minimum atomic E-state index is -0.577. The van der Waals surface area contributed by atoms with E-state index < -0.39 is 5.82 Å². The van der Waals surface area contributed by atoms with Crippen LogP contribution in [0, 0.1) is 11.2 Å². The molecular weight excluding hydrogens is 511 g/mol. The highest BCUT2D eigenvalue weighted by Gasteiger charge is 2.19. The van der Waals surface area contributed by atoms with E-state index in [1.807, 2.05) is 39.0 Å². The summed E-state index contributed by atoms with van der Waals surface area (Å²) >= 11 is 0. The number of aromatic hydroxyl groups is 1. The molecule has 0 spiro atoms. The average molecular weight is 537 g/mol. The topological polar surface area (TPSA) is 145 Å². The van der Waals surface area contributed by atoms with Gasteiger partial charge in [-0.1, -0.05) is 20.8 Å². The van der Waals surface area contributed by atoms with E-state index in [4.69, 9.17) is 9.97 Å². The number of anilines is 1. The van der Waals surface area contributed by atoms with Crippen molar-refractivity contribution >= 4 is 33.7 Å². The molecular formula is C29H25FN8O2. The molecule has 1 amide bonds. The molecule has 0 aliphatic carbocycles. The summed E-state index contributed by atoms with van der Waals surface area (Å²) in [5.74, 6) is -0.417. The first kappa shape index (κ1) is 25.1. The van der Waals surface area contributed by atoms with E-state index in [9.17, 15) is 14.3 Å². The molecule has 10 nitrogen and oxygen atoms in total. The summed E-state index contributed by atoms with van der Waals surface area (Å²) in [5, 5.41) is 20.2. The fourth-order valence-electron chi connectivity index (χ4n) is 4.53. The molecule has 0 bridgehead atoms. The number of halogens is 1. The lowest BCUT2D eigenvalue weighted by Crippen LogP contribution is -2.19. The second-order valence-corrected chi connectivity index (χ2v) is 10.8. The highest BCUT2D eigenvalue weighted by molar-refractivity contribution is 5.95. The Labute approximate surface area is 227 Å². The van der Waals surface area contributed by atoms with Crippen molar-refractivity contribution in [1.29, 1.82) is 0 Å². The molecule has 4 N–H and O–H groups in total. The smallest absolute Gasteiger partial charge is 0.224 e. The van der Waals surface area contributed by atoms with Crippen molar-refractivity contribution in [3.8, 4) is 39.8 Å². The number of pyridine rings is 3. The fraction of sp³-hybridized carbons (Fsp3) is 0.172. The van der Waals surface area contributed by atoms with Crippen LogP contribution in [-0.2, 0) is 4.79 Å². The predicted octanol–water partition coefficient (Wildman–Crippen LogP) is 5.84. The maximum absolute atomic E-state index is 14.0. The fourth-order valence-corrected chi connectivity index (χ4v) is 4.53. The van der Waals surface area contributed by atoms with Crippen LogP contribution in [0.15, 0.2) is 61.1 Å². The van der Waals surface area contributed by atoms with Gasteiger partial charge in [0.25, 0.3) is 0 Å². The number of rotatable bonds is 5. The highest BCUT2D eigenvalue weighted by Crippen LogP contribution is 2.32. The molecule has 1 aromatic carbocycles. The van der Waals surface area contributed by atoms with Crippen molar-refractivity contribution in [3.05, 3.63) is 66.9 Å². The Kier molecular flexibility index (Phi) is 5.98. The van der Waals surface area contributed by atoms with E-state index in [2.05, 4.69) is 30.5 Å². The lowest BCUT2D eigenvalue weighted by molar-refractivity contribution is -0.117. The van der Waals surface area contributed by atoms with Crippen LogP contribution in [0.2, 0.25) is 0 Å². The third kappa shape index (κ3) is 4.96. The zero-order chi connectivity index (χ0) is 28.0. The molecule has 0 fully saturated rings. The Morgan fingerprint density at radius 3 is 2.60 bits per heavy atom. The van der Waals surface area contributed by atoms with Crippen molar-refractivity contribution in [1.82, 2.24) is 35.1 Å². The van der Waals surface area contributed by atoms with Gasteiger partial charge < -0.3 is 15.4 Å². The van der Waals surface area contributed by atoms with Crippen LogP contribution < -0.4 is 5.32 Å². The van der Waals surface area contributed by atoms with Crippen molar-refractivity contribution in [2.45, 2.75) is 27.2 Å². The number of H-pyrrole nitrogens is 2. The van der Waals surface area contributed by atoms with Crippen molar-refractivity contribution < 1.29 is 14.3 Å². The predicted molar refractivity (Wildman–Crippen MR) is 150 cm³/mol. The van der Waals surface area contributed by atoms with Crippen LogP contribution in [0.4, 0.5) is 10.1 Å². The van der Waals surface area contributed by atoms with Crippen molar-refractivity contribution in [2.75, 3.05) is 5.32 Å². The number of nitrogens with one attached hydrogen (secondary N) is 3. The van der Waals surface area contributed by atoms with Gasteiger partial charge in [-0.2, -0.15) is 5.10 Å². The van der Waals surface area contributed by atoms with Gasteiger partial charge in [0.05, 0.1) is 34.3 Å². The second-order valence-electron chi connectivity index (χ2n) is 10.8. The van der Waals surface area contributed by atoms with Gasteiger partial charge >= 0.3 is 0 Å². The molecule has 0 radical (unpaired) electrons. The number of nitrogens with zero attached hydrogens (tertiary/aromatic N) is 5. The maximum Gasteiger partial charge on any atom is 0.224 e. The van der Waals surface area contributed by atoms with Gasteiger partial charge in [-0.15, -0.1) is 0 Å². The van der Waals surface area contributed by atoms with Gasteiger partial charge in [0.2, 0.25) is 5.91 Å². The van der Waals surface area contributed by atoms with E-state index in [1.165, 1.54) is 12.1 Å². The van der Waals surface area contributed by atoms with Gasteiger partial charge in [0.15, 0.2) is 11.5 Å². The number of carbonyl (C=O) groups is 1. The summed E-state index contributed by atoms with van der Waals surface area (Å²) in [6.45, 7) is 6.03. The van der Waals surface area contributed by atoms with Gasteiger partial charge in [0.1, 0.15) is 22.6 Å². The molecule has 6 aromatic rings. The second kappa shape index (κ2) is 9.53. The van der Waals surface area contributed by atoms with Gasteiger partial charge in [-0.3, -0.25) is 19.9 Å². The summed E-state index contributed by atoms with van der Waals surface area (Å²) in [7, 11) is 0. The summed E-state index contributed by atoms with van der Waals surface area (Å²) in [5.41, 5.74) is 5.57. The molecule has 0 aliphatic heterocycles. The van der Waals surface area contributed by atoms with Crippen molar-refractivity contribution in [2.24, 2.45) is 5.41 Å². The first-order valence-electron chi connectivity index (χ1n) is 12.6. The standard InChI is InChI=1S/C29H25FN8O2/c1-29(2,3)12-23(40)33-18-9-16(13-31-14-18)20-4-5-22-26(34-20)27(38-37-22)28-35-21-6-7-32-24(25(21)36-28)15-8-17(30)11-19(39)10-15/h4-11,13-14,39H,12H2,1-3H3,(H,33,40)(H,35,36)(H,37,38). The summed E-state index contributed by atoms with van der Waals surface area (Å²) in [6.07, 6.45) is 5.25. The van der Waals surface area contributed by atoms with Gasteiger partial charge in [-0.05, 0) is 41.8 Å². The van der Waals surface area contributed by atoms with E-state index >= 15 is 0 Å². The molecule has 5 aromatic heterocycles. The first-order chi connectivity index (χ1) is 19.1. The molecule has 5 heterocycles.